The van der Waals surface area contributed by atoms with Crippen LogP contribution in [-0.4, -0.2) is 16.2 Å². The minimum Gasteiger partial charge on any atom is -0.319 e. The van der Waals surface area contributed by atoms with Crippen LogP contribution in [0.25, 0.3) is 10.2 Å². The molecular formula is C21H24N2OS2. The quantitative estimate of drug-likeness (QED) is 0.578. The highest BCUT2D eigenvalue weighted by molar-refractivity contribution is 7.99. The van der Waals surface area contributed by atoms with Gasteiger partial charge in [-0.25, -0.2) is 0 Å². The Kier molecular flexibility index (Phi) is 6.69. The molecule has 1 amide bonds. The van der Waals surface area contributed by atoms with E-state index in [0.717, 1.165) is 22.5 Å². The molecule has 3 nitrogen and oxygen atoms in total. The minimum absolute atomic E-state index is 0.0701. The number of thioether (sulfide) groups is 1. The second-order valence-electron chi connectivity index (χ2n) is 6.33. The van der Waals surface area contributed by atoms with Gasteiger partial charge in [0.05, 0.1) is 16.0 Å². The van der Waals surface area contributed by atoms with Crippen LogP contribution in [0.2, 0.25) is 0 Å². The number of hydrogen-bond acceptors (Lipinski definition) is 3. The summed E-state index contributed by atoms with van der Waals surface area (Å²) < 4.78 is 3.22. The molecular weight excluding hydrogens is 360 g/mol. The lowest BCUT2D eigenvalue weighted by Gasteiger charge is -2.00. The Morgan fingerprint density at radius 3 is 2.73 bits per heavy atom. The summed E-state index contributed by atoms with van der Waals surface area (Å²) in [7, 11) is 1.98. The summed E-state index contributed by atoms with van der Waals surface area (Å²) in [6.07, 6.45) is 3.51. The Balaban J connectivity index is 1.69. The van der Waals surface area contributed by atoms with Gasteiger partial charge in [0.15, 0.2) is 4.80 Å². The molecule has 2 aromatic carbocycles. The van der Waals surface area contributed by atoms with Gasteiger partial charge in [-0.3, -0.25) is 4.79 Å². The van der Waals surface area contributed by atoms with Crippen molar-refractivity contribution in [2.75, 3.05) is 5.75 Å². The minimum atomic E-state index is -0.0701. The summed E-state index contributed by atoms with van der Waals surface area (Å²) in [5, 5.41) is 0. The predicted octanol–water partition coefficient (Wildman–Crippen LogP) is 4.94. The number of carbonyl (C=O) groups is 1. The van der Waals surface area contributed by atoms with Crippen LogP contribution in [0.5, 0.6) is 0 Å². The van der Waals surface area contributed by atoms with Crippen LogP contribution in [0.3, 0.4) is 0 Å². The van der Waals surface area contributed by atoms with E-state index < -0.39 is 0 Å². The molecule has 0 fully saturated rings. The number of carbonyl (C=O) groups excluding carboxylic acids is 1. The van der Waals surface area contributed by atoms with E-state index >= 15 is 0 Å². The lowest BCUT2D eigenvalue weighted by atomic mass is 10.1. The number of amides is 1. The number of benzene rings is 2. The second-order valence-corrected chi connectivity index (χ2v) is 8.33. The molecule has 0 spiro atoms. The average molecular weight is 385 g/mol. The third-order valence-corrected chi connectivity index (χ3v) is 6.33. The fourth-order valence-electron chi connectivity index (χ4n) is 2.79. The van der Waals surface area contributed by atoms with Crippen molar-refractivity contribution in [2.45, 2.75) is 31.9 Å². The van der Waals surface area contributed by atoms with Crippen LogP contribution < -0.4 is 4.80 Å². The molecule has 0 aliphatic carbocycles. The Bertz CT molecular complexity index is 942. The van der Waals surface area contributed by atoms with Crippen molar-refractivity contribution in [3.8, 4) is 0 Å². The molecule has 1 heterocycles. The van der Waals surface area contributed by atoms with Gasteiger partial charge in [0.2, 0.25) is 0 Å². The van der Waals surface area contributed by atoms with Gasteiger partial charge < -0.3 is 4.57 Å². The summed E-state index contributed by atoms with van der Waals surface area (Å²) in [5.41, 5.74) is 3.73. The van der Waals surface area contributed by atoms with Crippen LogP contribution in [0.15, 0.2) is 53.5 Å². The molecule has 26 heavy (non-hydrogen) atoms. The fraction of sp³-hybridized carbons (Fsp3) is 0.333. The summed E-state index contributed by atoms with van der Waals surface area (Å²) in [6, 6.07) is 16.8. The van der Waals surface area contributed by atoms with Gasteiger partial charge in [0.25, 0.3) is 5.91 Å². The van der Waals surface area contributed by atoms with Gasteiger partial charge in [-0.1, -0.05) is 61.1 Å². The Hall–Kier alpha value is -1.85. The zero-order valence-electron chi connectivity index (χ0n) is 15.3. The summed E-state index contributed by atoms with van der Waals surface area (Å²) in [4.78, 5) is 17.4. The van der Waals surface area contributed by atoms with Gasteiger partial charge >= 0.3 is 0 Å². The topological polar surface area (TPSA) is 34.4 Å². The van der Waals surface area contributed by atoms with Gasteiger partial charge in [0.1, 0.15) is 0 Å². The SMILES string of the molecule is CCCCc1ccc2c(c1)sc(=NC(=O)CSCc1ccccc1)n2C. The fourth-order valence-corrected chi connectivity index (χ4v) is 4.66. The molecule has 0 N–H and O–H groups in total. The second kappa shape index (κ2) is 9.19. The molecule has 0 unspecified atom stereocenters. The highest BCUT2D eigenvalue weighted by atomic mass is 32.2. The molecule has 0 aliphatic heterocycles. The van der Waals surface area contributed by atoms with Gasteiger partial charge in [-0.05, 0) is 36.1 Å². The van der Waals surface area contributed by atoms with E-state index in [1.807, 2.05) is 29.8 Å². The molecule has 0 aliphatic rings. The zero-order valence-corrected chi connectivity index (χ0v) is 16.9. The van der Waals surface area contributed by atoms with Crippen molar-refractivity contribution in [3.05, 3.63) is 64.5 Å². The molecule has 0 saturated heterocycles. The van der Waals surface area contributed by atoms with Crippen molar-refractivity contribution in [1.82, 2.24) is 4.57 Å². The number of nitrogens with zero attached hydrogens (tertiary/aromatic N) is 2. The van der Waals surface area contributed by atoms with Crippen molar-refractivity contribution < 1.29 is 4.79 Å². The van der Waals surface area contributed by atoms with E-state index in [2.05, 4.69) is 42.2 Å². The first-order valence-electron chi connectivity index (χ1n) is 8.95. The number of aryl methyl sites for hydroxylation is 2. The first-order chi connectivity index (χ1) is 12.7. The van der Waals surface area contributed by atoms with E-state index in [4.69, 9.17) is 0 Å². The Morgan fingerprint density at radius 2 is 1.96 bits per heavy atom. The summed E-state index contributed by atoms with van der Waals surface area (Å²) in [6.45, 7) is 2.21. The molecule has 5 heteroatoms. The molecule has 0 saturated carbocycles. The van der Waals surface area contributed by atoms with E-state index in [9.17, 15) is 4.79 Å². The lowest BCUT2D eigenvalue weighted by molar-refractivity contribution is -0.115. The smallest absolute Gasteiger partial charge is 0.258 e. The molecule has 0 bridgehead atoms. The van der Waals surface area contributed by atoms with E-state index in [1.165, 1.54) is 28.7 Å². The monoisotopic (exact) mass is 384 g/mol. The third kappa shape index (κ3) is 4.86. The lowest BCUT2D eigenvalue weighted by Crippen LogP contribution is -2.14. The molecule has 0 atom stereocenters. The standard InChI is InChI=1S/C21H24N2OS2/c1-3-4-8-16-11-12-18-19(13-16)26-21(23(18)2)22-20(24)15-25-14-17-9-6-5-7-10-17/h5-7,9-13H,3-4,8,14-15H2,1-2H3. The summed E-state index contributed by atoms with van der Waals surface area (Å²) >= 11 is 3.21. The Morgan fingerprint density at radius 1 is 1.15 bits per heavy atom. The van der Waals surface area contributed by atoms with E-state index in [1.54, 1.807) is 23.1 Å². The highest BCUT2D eigenvalue weighted by Gasteiger charge is 2.06. The van der Waals surface area contributed by atoms with Crippen molar-refractivity contribution in [1.29, 1.82) is 0 Å². The third-order valence-electron chi connectivity index (χ3n) is 4.25. The maximum Gasteiger partial charge on any atom is 0.258 e. The van der Waals surface area contributed by atoms with Crippen LogP contribution >= 0.6 is 23.1 Å². The molecule has 1 aromatic heterocycles. The van der Waals surface area contributed by atoms with Crippen molar-refractivity contribution in [2.24, 2.45) is 12.0 Å². The number of hydrogen-bond donors (Lipinski definition) is 0. The van der Waals surface area contributed by atoms with E-state index in [0.29, 0.717) is 5.75 Å². The normalized spacial score (nSPS) is 12.0. The van der Waals surface area contributed by atoms with Crippen LogP contribution in [0, 0.1) is 0 Å². The van der Waals surface area contributed by atoms with Crippen LogP contribution in [0.4, 0.5) is 0 Å². The van der Waals surface area contributed by atoms with Crippen molar-refractivity contribution in [3.63, 3.8) is 0 Å². The highest BCUT2D eigenvalue weighted by Crippen LogP contribution is 2.20. The number of aromatic nitrogens is 1. The zero-order chi connectivity index (χ0) is 18.4. The maximum atomic E-state index is 12.2. The predicted molar refractivity (Wildman–Crippen MR) is 113 cm³/mol. The number of fused-ring (bicyclic) bond motifs is 1. The molecule has 3 aromatic rings. The maximum absolute atomic E-state index is 12.2. The number of unbranched alkanes of at least 4 members (excludes halogenated alkanes) is 1. The van der Waals surface area contributed by atoms with Crippen LogP contribution in [-0.2, 0) is 24.0 Å². The first kappa shape index (κ1) is 18.9. The molecule has 3 rings (SSSR count). The van der Waals surface area contributed by atoms with Crippen molar-refractivity contribution >= 4 is 39.2 Å². The summed E-state index contributed by atoms with van der Waals surface area (Å²) in [5.74, 6) is 1.17. The van der Waals surface area contributed by atoms with Gasteiger partial charge in [-0.15, -0.1) is 11.8 Å². The molecule has 0 radical (unpaired) electrons. The van der Waals surface area contributed by atoms with Gasteiger partial charge in [-0.2, -0.15) is 4.99 Å². The first-order valence-corrected chi connectivity index (χ1v) is 10.9. The average Bonchev–Trinajstić information content (AvgIpc) is 2.96. The van der Waals surface area contributed by atoms with Crippen LogP contribution in [0.1, 0.15) is 30.9 Å². The van der Waals surface area contributed by atoms with E-state index in [-0.39, 0.29) is 5.91 Å². The number of thiazole rings is 1. The molecule has 136 valence electrons. The largest absolute Gasteiger partial charge is 0.319 e. The number of rotatable bonds is 7. The Labute approximate surface area is 162 Å². The van der Waals surface area contributed by atoms with Gasteiger partial charge in [0, 0.05) is 12.8 Å².